The van der Waals surface area contributed by atoms with E-state index in [1.54, 1.807) is 11.3 Å². The Bertz CT molecular complexity index is 793. The zero-order chi connectivity index (χ0) is 14.2. The van der Waals surface area contributed by atoms with Crippen molar-refractivity contribution in [2.45, 2.75) is 18.8 Å². The van der Waals surface area contributed by atoms with E-state index in [0.717, 1.165) is 20.7 Å². The predicted molar refractivity (Wildman–Crippen MR) is 90.5 cm³/mol. The summed E-state index contributed by atoms with van der Waals surface area (Å²) in [6.45, 7) is 0. The van der Waals surface area contributed by atoms with Crippen LogP contribution in [0.4, 0.5) is 0 Å². The summed E-state index contributed by atoms with van der Waals surface area (Å²) in [5.74, 6) is 0.709. The van der Waals surface area contributed by atoms with Crippen molar-refractivity contribution in [2.75, 3.05) is 0 Å². The summed E-state index contributed by atoms with van der Waals surface area (Å²) in [6, 6.07) is 10.4. The first-order chi connectivity index (χ1) is 10.3. The third kappa shape index (κ3) is 2.65. The van der Waals surface area contributed by atoms with Crippen molar-refractivity contribution in [1.29, 1.82) is 0 Å². The van der Waals surface area contributed by atoms with Crippen LogP contribution in [0.5, 0.6) is 0 Å². The minimum atomic E-state index is 0.709. The number of benzene rings is 1. The van der Waals surface area contributed by atoms with Crippen LogP contribution < -0.4 is 0 Å². The van der Waals surface area contributed by atoms with E-state index in [2.05, 4.69) is 44.5 Å². The van der Waals surface area contributed by atoms with E-state index >= 15 is 0 Å². The number of pyridine rings is 1. The molecule has 4 rings (SSSR count). The molecule has 0 unspecified atom stereocenters. The van der Waals surface area contributed by atoms with Gasteiger partial charge in [-0.05, 0) is 42.5 Å². The Kier molecular flexibility index (Phi) is 3.36. The van der Waals surface area contributed by atoms with Crippen LogP contribution in [0.25, 0.3) is 21.8 Å². The first-order valence-corrected chi connectivity index (χ1v) is 8.64. The van der Waals surface area contributed by atoms with Crippen molar-refractivity contribution < 1.29 is 0 Å². The molecule has 0 aliphatic heterocycles. The van der Waals surface area contributed by atoms with Crippen LogP contribution in [0.3, 0.4) is 0 Å². The average Bonchev–Trinajstić information content (AvgIpc) is 3.24. The molecule has 1 aliphatic rings. The van der Waals surface area contributed by atoms with Crippen molar-refractivity contribution in [3.8, 4) is 21.8 Å². The van der Waals surface area contributed by atoms with E-state index in [1.165, 1.54) is 24.0 Å². The lowest BCUT2D eigenvalue weighted by atomic mass is 10.1. The minimum Gasteiger partial charge on any atom is -0.264 e. The summed E-state index contributed by atoms with van der Waals surface area (Å²) in [5, 5.41) is 3.20. The first-order valence-electron chi connectivity index (χ1n) is 6.97. The smallest absolute Gasteiger partial charge is 0.125 e. The van der Waals surface area contributed by atoms with E-state index in [-0.39, 0.29) is 0 Å². The normalized spacial score (nSPS) is 14.3. The van der Waals surface area contributed by atoms with Crippen LogP contribution in [0.1, 0.15) is 24.3 Å². The van der Waals surface area contributed by atoms with Gasteiger partial charge in [0.2, 0.25) is 0 Å². The highest BCUT2D eigenvalue weighted by molar-refractivity contribution is 9.10. The highest BCUT2D eigenvalue weighted by Gasteiger charge is 2.27. The summed E-state index contributed by atoms with van der Waals surface area (Å²) >= 11 is 5.21. The second-order valence-electron chi connectivity index (χ2n) is 5.29. The molecule has 1 fully saturated rings. The van der Waals surface area contributed by atoms with Crippen LogP contribution in [0, 0.1) is 0 Å². The maximum Gasteiger partial charge on any atom is 0.125 e. The molecule has 0 saturated heterocycles. The maximum absolute atomic E-state index is 4.82. The fraction of sp³-hybridized carbons (Fsp3) is 0.176. The molecule has 3 aromatic rings. The number of hydrogen-bond acceptors (Lipinski definition) is 3. The lowest BCUT2D eigenvalue weighted by Gasteiger charge is -2.04. The molecule has 0 radical (unpaired) electrons. The van der Waals surface area contributed by atoms with Crippen molar-refractivity contribution in [1.82, 2.24) is 9.97 Å². The Morgan fingerprint density at radius 3 is 2.90 bits per heavy atom. The summed E-state index contributed by atoms with van der Waals surface area (Å²) < 4.78 is 1.08. The van der Waals surface area contributed by atoms with Gasteiger partial charge in [0.25, 0.3) is 0 Å². The van der Waals surface area contributed by atoms with Gasteiger partial charge in [-0.25, -0.2) is 4.98 Å². The number of hydrogen-bond donors (Lipinski definition) is 0. The Hall–Kier alpha value is -1.52. The van der Waals surface area contributed by atoms with Crippen LogP contribution in [0.15, 0.2) is 52.6 Å². The van der Waals surface area contributed by atoms with Crippen molar-refractivity contribution in [3.05, 3.63) is 58.1 Å². The second kappa shape index (κ2) is 5.35. The van der Waals surface area contributed by atoms with E-state index in [1.807, 2.05) is 24.5 Å². The molecule has 0 atom stereocenters. The largest absolute Gasteiger partial charge is 0.264 e. The number of thiazole rings is 1. The molecular formula is C17H13BrN2S. The Balaban J connectivity index is 1.75. The zero-order valence-electron chi connectivity index (χ0n) is 11.3. The van der Waals surface area contributed by atoms with Crippen LogP contribution >= 0.6 is 27.3 Å². The molecule has 104 valence electrons. The molecule has 21 heavy (non-hydrogen) atoms. The highest BCUT2D eigenvalue weighted by atomic mass is 79.9. The van der Waals surface area contributed by atoms with Crippen molar-refractivity contribution in [3.63, 3.8) is 0 Å². The van der Waals surface area contributed by atoms with Crippen LogP contribution in [-0.4, -0.2) is 9.97 Å². The lowest BCUT2D eigenvalue weighted by Crippen LogP contribution is -1.88. The topological polar surface area (TPSA) is 25.8 Å². The molecule has 2 heterocycles. The van der Waals surface area contributed by atoms with Gasteiger partial charge in [0.1, 0.15) is 5.01 Å². The van der Waals surface area contributed by atoms with Gasteiger partial charge >= 0.3 is 0 Å². The van der Waals surface area contributed by atoms with Gasteiger partial charge in [0.15, 0.2) is 0 Å². The molecule has 0 N–H and O–H groups in total. The van der Waals surface area contributed by atoms with Gasteiger partial charge < -0.3 is 0 Å². The number of nitrogens with zero attached hydrogens (tertiary/aromatic N) is 2. The van der Waals surface area contributed by atoms with Gasteiger partial charge in [-0.3, -0.25) is 4.98 Å². The van der Waals surface area contributed by atoms with Gasteiger partial charge in [0.05, 0.1) is 5.69 Å². The van der Waals surface area contributed by atoms with Crippen molar-refractivity contribution in [2.24, 2.45) is 0 Å². The van der Waals surface area contributed by atoms with Crippen molar-refractivity contribution >= 4 is 27.3 Å². The van der Waals surface area contributed by atoms with E-state index in [4.69, 9.17) is 4.98 Å². The molecule has 0 bridgehead atoms. The maximum atomic E-state index is 4.82. The average molecular weight is 357 g/mol. The Morgan fingerprint density at radius 1 is 1.19 bits per heavy atom. The molecule has 4 heteroatoms. The molecule has 2 aromatic heterocycles. The quantitative estimate of drug-likeness (QED) is 0.618. The third-order valence-electron chi connectivity index (χ3n) is 3.73. The molecule has 1 saturated carbocycles. The predicted octanol–water partition coefficient (Wildman–Crippen LogP) is 5.51. The first kappa shape index (κ1) is 13.2. The Labute approximate surface area is 136 Å². The molecular weight excluding hydrogens is 344 g/mol. The molecule has 1 aromatic carbocycles. The van der Waals surface area contributed by atoms with E-state index in [9.17, 15) is 0 Å². The van der Waals surface area contributed by atoms with Gasteiger partial charge in [0, 0.05) is 33.4 Å². The van der Waals surface area contributed by atoms with Gasteiger partial charge in [-0.15, -0.1) is 11.3 Å². The van der Waals surface area contributed by atoms with Gasteiger partial charge in [-0.2, -0.15) is 0 Å². The molecule has 0 amide bonds. The summed E-state index contributed by atoms with van der Waals surface area (Å²) in [6.07, 6.45) is 6.43. The summed E-state index contributed by atoms with van der Waals surface area (Å²) in [5.41, 5.74) is 4.78. The van der Waals surface area contributed by atoms with Crippen LogP contribution in [0.2, 0.25) is 0 Å². The summed E-state index contributed by atoms with van der Waals surface area (Å²) in [4.78, 5) is 9.11. The third-order valence-corrected chi connectivity index (χ3v) is 5.10. The number of halogens is 1. The molecule has 1 aliphatic carbocycles. The second-order valence-corrected chi connectivity index (χ2v) is 7.06. The minimum absolute atomic E-state index is 0.709. The standard InChI is InChI=1S/C17H13BrN2S/c18-13-3-1-2-12(8-13)16-10-21-17(20-16)15-9-19-7-6-14(15)11-4-5-11/h1-3,6-11H,4-5H2. The Morgan fingerprint density at radius 2 is 2.10 bits per heavy atom. The van der Waals surface area contributed by atoms with E-state index in [0.29, 0.717) is 5.92 Å². The lowest BCUT2D eigenvalue weighted by molar-refractivity contribution is 1.11. The van der Waals surface area contributed by atoms with Gasteiger partial charge in [-0.1, -0.05) is 28.1 Å². The fourth-order valence-electron chi connectivity index (χ4n) is 2.51. The number of aromatic nitrogens is 2. The number of rotatable bonds is 3. The molecule has 0 spiro atoms. The SMILES string of the molecule is Brc1cccc(-c2csc(-c3cnccc3C3CC3)n2)c1. The highest BCUT2D eigenvalue weighted by Crippen LogP contribution is 2.44. The summed E-state index contributed by atoms with van der Waals surface area (Å²) in [7, 11) is 0. The fourth-order valence-corrected chi connectivity index (χ4v) is 3.77. The monoisotopic (exact) mass is 356 g/mol. The zero-order valence-corrected chi connectivity index (χ0v) is 13.7. The van der Waals surface area contributed by atoms with Crippen LogP contribution in [-0.2, 0) is 0 Å². The molecule has 2 nitrogen and oxygen atoms in total. The van der Waals surface area contributed by atoms with E-state index < -0.39 is 0 Å².